The summed E-state index contributed by atoms with van der Waals surface area (Å²) in [6, 6.07) is 0. The van der Waals surface area contributed by atoms with Crippen LogP contribution >= 0.6 is 15.2 Å². The van der Waals surface area contributed by atoms with Crippen LogP contribution in [0, 0.1) is 0 Å². The van der Waals surface area contributed by atoms with Gasteiger partial charge in [-0.3, -0.25) is 9.13 Å². The van der Waals surface area contributed by atoms with E-state index in [0.29, 0.717) is 0 Å². The molecule has 0 saturated heterocycles. The Hall–Kier alpha value is 0.220. The lowest BCUT2D eigenvalue weighted by Gasteiger charge is -2.22. The van der Waals surface area contributed by atoms with Crippen LogP contribution in [0.4, 0.5) is 0 Å². The van der Waals surface area contributed by atoms with E-state index in [2.05, 4.69) is 0 Å². The first-order chi connectivity index (χ1) is 4.50. The van der Waals surface area contributed by atoms with Gasteiger partial charge in [-0.1, -0.05) is 0 Å². The highest BCUT2D eigenvalue weighted by atomic mass is 31.2. The van der Waals surface area contributed by atoms with E-state index < -0.39 is 20.5 Å². The maximum Gasteiger partial charge on any atom is 0.397 e. The minimum Gasteiger partial charge on any atom is -0.347 e. The van der Waals surface area contributed by atoms with Crippen LogP contribution in [0.25, 0.3) is 0 Å². The highest BCUT2D eigenvalue weighted by molar-refractivity contribution is 7.71. The molecule has 0 atom stereocenters. The Balaban J connectivity index is 5.08. The molecule has 10 heteroatoms. The molecule has 0 fully saturated rings. The molecule has 0 rings (SSSR count). The van der Waals surface area contributed by atoms with Crippen molar-refractivity contribution in [1.82, 2.24) is 0 Å². The third-order valence-electron chi connectivity index (χ3n) is 0.782. The van der Waals surface area contributed by atoms with E-state index in [4.69, 9.17) is 29.8 Å². The van der Waals surface area contributed by atoms with E-state index in [1.807, 2.05) is 0 Å². The van der Waals surface area contributed by atoms with E-state index in [1.165, 1.54) is 0 Å². The standard InChI is InChI=1S/CH6O8P2/c2-1(3,10(4,5)6)11(7,8)9/h2-3H,(H2,4,5,6)(H2,7,8,9). The van der Waals surface area contributed by atoms with Crippen LogP contribution in [0.15, 0.2) is 0 Å². The topological polar surface area (TPSA) is 156 Å². The summed E-state index contributed by atoms with van der Waals surface area (Å²) < 4.78 is 20.0. The average Bonchev–Trinajstić information content (AvgIpc) is 1.58. The second-order valence-electron chi connectivity index (χ2n) is 1.69. The fourth-order valence-corrected chi connectivity index (χ4v) is 1.53. The minimum absolute atomic E-state index is 4.29. The maximum absolute atomic E-state index is 10.0. The largest absolute Gasteiger partial charge is 0.397 e. The summed E-state index contributed by atoms with van der Waals surface area (Å²) in [5.41, 5.74) is 0. The Labute approximate surface area is 60.4 Å². The molecule has 0 aromatic rings. The number of hydrogen-bond donors (Lipinski definition) is 6. The quantitative estimate of drug-likeness (QED) is 0.223. The normalized spacial score (nSPS) is 15.1. The van der Waals surface area contributed by atoms with Gasteiger partial charge in [-0.2, -0.15) is 0 Å². The second kappa shape index (κ2) is 2.62. The predicted molar refractivity (Wildman–Crippen MR) is 31.3 cm³/mol. The lowest BCUT2D eigenvalue weighted by Crippen LogP contribution is -2.27. The van der Waals surface area contributed by atoms with Crippen LogP contribution in [0.2, 0.25) is 0 Å². The third kappa shape index (κ3) is 2.08. The molecule has 0 aliphatic rings. The molecular formula is CH6O8P2. The van der Waals surface area contributed by atoms with Gasteiger partial charge in [0.15, 0.2) is 0 Å². The van der Waals surface area contributed by atoms with Crippen LogP contribution in [-0.2, 0) is 9.13 Å². The molecule has 0 aliphatic heterocycles. The third-order valence-corrected chi connectivity index (χ3v) is 3.91. The molecule has 0 bridgehead atoms. The lowest BCUT2D eigenvalue weighted by molar-refractivity contribution is -0.0513. The summed E-state index contributed by atoms with van der Waals surface area (Å²) in [6.07, 6.45) is 0. The van der Waals surface area contributed by atoms with Crippen molar-refractivity contribution in [3.8, 4) is 0 Å². The van der Waals surface area contributed by atoms with Crippen molar-refractivity contribution in [2.24, 2.45) is 0 Å². The monoisotopic (exact) mass is 208 g/mol. The van der Waals surface area contributed by atoms with Crippen molar-refractivity contribution in [1.29, 1.82) is 0 Å². The number of rotatable bonds is 2. The van der Waals surface area contributed by atoms with Gasteiger partial charge in [0.25, 0.3) is 0 Å². The van der Waals surface area contributed by atoms with Gasteiger partial charge in [-0.05, 0) is 0 Å². The second-order valence-corrected chi connectivity index (χ2v) is 5.46. The van der Waals surface area contributed by atoms with E-state index in [0.717, 1.165) is 0 Å². The van der Waals surface area contributed by atoms with Crippen molar-refractivity contribution in [3.63, 3.8) is 0 Å². The summed E-state index contributed by atoms with van der Waals surface area (Å²) in [5.74, 6) is 0. The molecular weight excluding hydrogens is 202 g/mol. The summed E-state index contributed by atoms with van der Waals surface area (Å²) in [6.45, 7) is 0. The molecule has 0 aliphatic carbocycles. The molecule has 0 aromatic heterocycles. The number of hydrogen-bond acceptors (Lipinski definition) is 4. The van der Waals surface area contributed by atoms with Crippen LogP contribution in [-0.4, -0.2) is 35.1 Å². The smallest absolute Gasteiger partial charge is 0.347 e. The molecule has 0 radical (unpaired) electrons. The van der Waals surface area contributed by atoms with E-state index in [-0.39, 0.29) is 0 Å². The number of aliphatic hydroxyl groups is 2. The van der Waals surface area contributed by atoms with E-state index in [9.17, 15) is 9.13 Å². The Morgan fingerprint density at radius 1 is 0.818 bits per heavy atom. The summed E-state index contributed by atoms with van der Waals surface area (Å²) in [7, 11) is -11.3. The van der Waals surface area contributed by atoms with Crippen LogP contribution in [0.3, 0.4) is 0 Å². The Morgan fingerprint density at radius 3 is 1.00 bits per heavy atom. The van der Waals surface area contributed by atoms with Crippen molar-refractivity contribution < 1.29 is 38.9 Å². The summed E-state index contributed by atoms with van der Waals surface area (Å²) in [5, 5.41) is 12.1. The van der Waals surface area contributed by atoms with E-state index in [1.54, 1.807) is 0 Å². The van der Waals surface area contributed by atoms with Crippen LogP contribution in [0.1, 0.15) is 0 Å². The van der Waals surface area contributed by atoms with Gasteiger partial charge in [0.05, 0.1) is 0 Å². The molecule has 0 aromatic carbocycles. The highest BCUT2D eigenvalue weighted by Crippen LogP contribution is 2.65. The van der Waals surface area contributed by atoms with Crippen molar-refractivity contribution in [3.05, 3.63) is 0 Å². The zero-order valence-corrected chi connectivity index (χ0v) is 6.68. The van der Waals surface area contributed by atoms with E-state index >= 15 is 0 Å². The van der Waals surface area contributed by atoms with Crippen molar-refractivity contribution >= 4 is 15.2 Å². The molecule has 68 valence electrons. The van der Waals surface area contributed by atoms with Crippen LogP contribution < -0.4 is 0 Å². The van der Waals surface area contributed by atoms with Gasteiger partial charge < -0.3 is 29.8 Å². The van der Waals surface area contributed by atoms with Gasteiger partial charge in [-0.25, -0.2) is 0 Å². The summed E-state index contributed by atoms with van der Waals surface area (Å²) >= 11 is 0. The molecule has 0 saturated carbocycles. The lowest BCUT2D eigenvalue weighted by atomic mass is 11.5. The van der Waals surface area contributed by atoms with Gasteiger partial charge in [0, 0.05) is 0 Å². The molecule has 0 spiro atoms. The Morgan fingerprint density at radius 2 is 1.00 bits per heavy atom. The minimum atomic E-state index is -5.64. The fraction of sp³-hybridized carbons (Fsp3) is 1.00. The van der Waals surface area contributed by atoms with Crippen molar-refractivity contribution in [2.45, 2.75) is 5.27 Å². The zero-order valence-electron chi connectivity index (χ0n) is 4.89. The molecule has 0 unspecified atom stereocenters. The molecule has 11 heavy (non-hydrogen) atoms. The van der Waals surface area contributed by atoms with Gasteiger partial charge in [0.1, 0.15) is 0 Å². The first-order valence-electron chi connectivity index (χ1n) is 2.06. The van der Waals surface area contributed by atoms with Gasteiger partial charge >= 0.3 is 20.5 Å². The molecule has 8 nitrogen and oxygen atoms in total. The molecule has 0 amide bonds. The Kier molecular flexibility index (Phi) is 2.67. The average molecular weight is 208 g/mol. The first kappa shape index (κ1) is 11.2. The van der Waals surface area contributed by atoms with Gasteiger partial charge in [0.2, 0.25) is 0 Å². The first-order valence-corrected chi connectivity index (χ1v) is 5.28. The maximum atomic E-state index is 10.0. The SMILES string of the molecule is O=P(O)(O)C(O)(O)P(=O)(O)O. The highest BCUT2D eigenvalue weighted by Gasteiger charge is 2.58. The predicted octanol–water partition coefficient (Wildman–Crippen LogP) is -2.06. The van der Waals surface area contributed by atoms with Crippen LogP contribution in [0.5, 0.6) is 0 Å². The Bertz CT molecular complexity index is 204. The molecule has 6 N–H and O–H groups in total. The molecule has 0 heterocycles. The summed E-state index contributed by atoms with van der Waals surface area (Å²) in [4.78, 5) is 32.0. The zero-order chi connectivity index (χ0) is 9.50. The van der Waals surface area contributed by atoms with Gasteiger partial charge in [-0.15, -0.1) is 0 Å². The fourth-order valence-electron chi connectivity index (χ4n) is 0.170. The van der Waals surface area contributed by atoms with Crippen molar-refractivity contribution in [2.75, 3.05) is 0 Å².